The number of rotatable bonds is 6. The highest BCUT2D eigenvalue weighted by Gasteiger charge is 2.13. The first kappa shape index (κ1) is 15.3. The van der Waals surface area contributed by atoms with Crippen molar-refractivity contribution in [1.82, 2.24) is 9.88 Å². The normalized spacial score (nSPS) is 16.1. The van der Waals surface area contributed by atoms with Crippen LogP contribution in [0.1, 0.15) is 43.9 Å². The average Bonchev–Trinajstić information content (AvgIpc) is 2.97. The Labute approximate surface area is 122 Å². The second-order valence-corrected chi connectivity index (χ2v) is 6.04. The van der Waals surface area contributed by atoms with Crippen LogP contribution in [0, 0.1) is 0 Å². The molecule has 0 spiro atoms. The monoisotopic (exact) mass is 277 g/mol. The number of aliphatic hydroxyl groups excluding tert-OH is 1. The number of likely N-dealkylation sites (tertiary alicyclic amines) is 1. The van der Waals surface area contributed by atoms with Crippen LogP contribution in [0.15, 0.2) is 12.1 Å². The van der Waals surface area contributed by atoms with Crippen LogP contribution < -0.4 is 4.90 Å². The van der Waals surface area contributed by atoms with Crippen LogP contribution in [0.2, 0.25) is 0 Å². The molecule has 4 heteroatoms. The summed E-state index contributed by atoms with van der Waals surface area (Å²) < 4.78 is 0. The molecule has 4 nitrogen and oxygen atoms in total. The average molecular weight is 277 g/mol. The summed E-state index contributed by atoms with van der Waals surface area (Å²) in [6.45, 7) is 8.90. The van der Waals surface area contributed by atoms with E-state index in [-0.39, 0.29) is 6.61 Å². The van der Waals surface area contributed by atoms with Gasteiger partial charge in [-0.3, -0.25) is 0 Å². The van der Waals surface area contributed by atoms with Crippen LogP contribution in [0.4, 0.5) is 5.82 Å². The van der Waals surface area contributed by atoms with Gasteiger partial charge in [0.05, 0.1) is 6.61 Å². The second kappa shape index (κ2) is 7.04. The van der Waals surface area contributed by atoms with Gasteiger partial charge in [-0.1, -0.05) is 13.8 Å². The first-order valence-corrected chi connectivity index (χ1v) is 7.65. The van der Waals surface area contributed by atoms with Crippen molar-refractivity contribution in [3.8, 4) is 0 Å². The Hall–Kier alpha value is -1.13. The Morgan fingerprint density at radius 3 is 2.60 bits per heavy atom. The van der Waals surface area contributed by atoms with E-state index < -0.39 is 0 Å². The summed E-state index contributed by atoms with van der Waals surface area (Å²) in [5, 5.41) is 9.40. The molecule has 1 saturated heterocycles. The molecule has 0 amide bonds. The molecular formula is C16H27N3O. The highest BCUT2D eigenvalue weighted by Crippen LogP contribution is 2.20. The van der Waals surface area contributed by atoms with Crippen molar-refractivity contribution in [2.45, 2.75) is 39.2 Å². The van der Waals surface area contributed by atoms with Crippen molar-refractivity contribution in [3.63, 3.8) is 0 Å². The third-order valence-electron chi connectivity index (χ3n) is 4.01. The lowest BCUT2D eigenvalue weighted by Gasteiger charge is -2.23. The Morgan fingerprint density at radius 2 is 2.00 bits per heavy atom. The SMILES string of the molecule is CC(C)c1cc(CO)cc(N(C)CCN2CCCC2)n1. The summed E-state index contributed by atoms with van der Waals surface area (Å²) in [5.41, 5.74) is 2.01. The molecule has 112 valence electrons. The number of nitrogens with zero attached hydrogens (tertiary/aromatic N) is 3. The van der Waals surface area contributed by atoms with E-state index in [1.807, 2.05) is 12.1 Å². The van der Waals surface area contributed by atoms with Crippen molar-refractivity contribution in [3.05, 3.63) is 23.4 Å². The van der Waals surface area contributed by atoms with Crippen molar-refractivity contribution >= 4 is 5.82 Å². The minimum absolute atomic E-state index is 0.0786. The summed E-state index contributed by atoms with van der Waals surface area (Å²) in [4.78, 5) is 9.43. The first-order valence-electron chi connectivity index (χ1n) is 7.65. The van der Waals surface area contributed by atoms with E-state index >= 15 is 0 Å². The topological polar surface area (TPSA) is 39.6 Å². The standard InChI is InChI=1S/C16H27N3O/c1-13(2)15-10-14(12-20)11-16(17-15)18(3)8-9-19-6-4-5-7-19/h10-11,13,20H,4-9,12H2,1-3H3. The molecule has 0 aromatic carbocycles. The van der Waals surface area contributed by atoms with Gasteiger partial charge in [0.1, 0.15) is 5.82 Å². The van der Waals surface area contributed by atoms with Gasteiger partial charge in [0.2, 0.25) is 0 Å². The van der Waals surface area contributed by atoms with Crippen molar-refractivity contribution in [2.24, 2.45) is 0 Å². The number of hydrogen-bond acceptors (Lipinski definition) is 4. The largest absolute Gasteiger partial charge is 0.392 e. The molecule has 1 aromatic heterocycles. The third-order valence-corrected chi connectivity index (χ3v) is 4.01. The molecule has 2 heterocycles. The Bertz CT molecular complexity index is 428. The van der Waals surface area contributed by atoms with E-state index in [0.717, 1.165) is 30.2 Å². The molecule has 2 rings (SSSR count). The Kier molecular flexibility index (Phi) is 5.38. The molecule has 1 aliphatic heterocycles. The lowest BCUT2D eigenvalue weighted by atomic mass is 10.1. The van der Waals surface area contributed by atoms with Crippen LogP contribution >= 0.6 is 0 Å². The summed E-state index contributed by atoms with van der Waals surface area (Å²) >= 11 is 0. The highest BCUT2D eigenvalue weighted by atomic mass is 16.3. The molecule has 0 unspecified atom stereocenters. The first-order chi connectivity index (χ1) is 9.60. The molecule has 1 aliphatic rings. The highest BCUT2D eigenvalue weighted by molar-refractivity contribution is 5.42. The summed E-state index contributed by atoms with van der Waals surface area (Å²) in [7, 11) is 2.09. The second-order valence-electron chi connectivity index (χ2n) is 6.04. The van der Waals surface area contributed by atoms with Gasteiger partial charge < -0.3 is 14.9 Å². The predicted octanol–water partition coefficient (Wildman–Crippen LogP) is 2.23. The lowest BCUT2D eigenvalue weighted by Crippen LogP contribution is -2.32. The quantitative estimate of drug-likeness (QED) is 0.865. The Morgan fingerprint density at radius 1 is 1.30 bits per heavy atom. The molecule has 0 radical (unpaired) electrons. The van der Waals surface area contributed by atoms with Crippen LogP contribution in [-0.2, 0) is 6.61 Å². The third kappa shape index (κ3) is 3.93. The predicted molar refractivity (Wildman–Crippen MR) is 83.2 cm³/mol. The van der Waals surface area contributed by atoms with E-state index in [1.165, 1.54) is 25.9 Å². The molecule has 0 atom stereocenters. The maximum atomic E-state index is 9.40. The fourth-order valence-electron chi connectivity index (χ4n) is 2.59. The van der Waals surface area contributed by atoms with E-state index in [0.29, 0.717) is 5.92 Å². The van der Waals surface area contributed by atoms with Crippen LogP contribution in [0.25, 0.3) is 0 Å². The molecule has 1 N–H and O–H groups in total. The molecule has 0 aliphatic carbocycles. The van der Waals surface area contributed by atoms with Crippen LogP contribution in [0.3, 0.4) is 0 Å². The maximum Gasteiger partial charge on any atom is 0.128 e. The fraction of sp³-hybridized carbons (Fsp3) is 0.688. The van der Waals surface area contributed by atoms with Crippen LogP contribution in [0.5, 0.6) is 0 Å². The van der Waals surface area contributed by atoms with Gasteiger partial charge in [-0.2, -0.15) is 0 Å². The zero-order chi connectivity index (χ0) is 14.5. The lowest BCUT2D eigenvalue weighted by molar-refractivity contribution is 0.281. The molecular weight excluding hydrogens is 250 g/mol. The van der Waals surface area contributed by atoms with Gasteiger partial charge in [0, 0.05) is 25.8 Å². The summed E-state index contributed by atoms with van der Waals surface area (Å²) in [5.74, 6) is 1.35. The van der Waals surface area contributed by atoms with Crippen LogP contribution in [-0.4, -0.2) is 48.2 Å². The number of hydrogen-bond donors (Lipinski definition) is 1. The minimum Gasteiger partial charge on any atom is -0.392 e. The number of anilines is 1. The molecule has 20 heavy (non-hydrogen) atoms. The van der Waals surface area contributed by atoms with Gasteiger partial charge in [-0.25, -0.2) is 4.98 Å². The van der Waals surface area contributed by atoms with Gasteiger partial charge in [-0.15, -0.1) is 0 Å². The van der Waals surface area contributed by atoms with E-state index in [9.17, 15) is 5.11 Å². The Balaban J connectivity index is 2.03. The number of pyridine rings is 1. The van der Waals surface area contributed by atoms with Gasteiger partial charge in [0.25, 0.3) is 0 Å². The van der Waals surface area contributed by atoms with Gasteiger partial charge in [-0.05, 0) is 49.5 Å². The zero-order valence-corrected chi connectivity index (χ0v) is 13.0. The number of aromatic nitrogens is 1. The van der Waals surface area contributed by atoms with E-state index in [4.69, 9.17) is 4.98 Å². The van der Waals surface area contributed by atoms with Crippen molar-refractivity contribution in [1.29, 1.82) is 0 Å². The smallest absolute Gasteiger partial charge is 0.128 e. The molecule has 1 fully saturated rings. The maximum absolute atomic E-state index is 9.40. The van der Waals surface area contributed by atoms with Crippen molar-refractivity contribution < 1.29 is 5.11 Å². The van der Waals surface area contributed by atoms with Gasteiger partial charge in [0.15, 0.2) is 0 Å². The van der Waals surface area contributed by atoms with Crippen molar-refractivity contribution in [2.75, 3.05) is 38.1 Å². The minimum atomic E-state index is 0.0786. The number of likely N-dealkylation sites (N-methyl/N-ethyl adjacent to an activating group) is 1. The molecule has 0 bridgehead atoms. The summed E-state index contributed by atoms with van der Waals surface area (Å²) in [6.07, 6.45) is 2.67. The van der Waals surface area contributed by atoms with E-state index in [1.54, 1.807) is 0 Å². The number of aliphatic hydroxyl groups is 1. The summed E-state index contributed by atoms with van der Waals surface area (Å²) in [6, 6.07) is 4.00. The van der Waals surface area contributed by atoms with Gasteiger partial charge >= 0.3 is 0 Å². The molecule has 1 aromatic rings. The zero-order valence-electron chi connectivity index (χ0n) is 13.0. The van der Waals surface area contributed by atoms with E-state index in [2.05, 4.69) is 30.7 Å². The fourth-order valence-corrected chi connectivity index (χ4v) is 2.59. The molecule has 0 saturated carbocycles.